The molecule has 21 heavy (non-hydrogen) atoms. The summed E-state index contributed by atoms with van der Waals surface area (Å²) in [5, 5.41) is 0. The average molecular weight is 302 g/mol. The summed E-state index contributed by atoms with van der Waals surface area (Å²) in [5.41, 5.74) is -0.497. The van der Waals surface area contributed by atoms with Crippen molar-refractivity contribution in [1.82, 2.24) is 9.88 Å². The summed E-state index contributed by atoms with van der Waals surface area (Å²) in [6.45, 7) is 1.58. The summed E-state index contributed by atoms with van der Waals surface area (Å²) in [7, 11) is 1.42. The molecule has 0 aliphatic carbocycles. The van der Waals surface area contributed by atoms with Crippen molar-refractivity contribution >= 4 is 11.9 Å². The molecule has 0 unspecified atom stereocenters. The van der Waals surface area contributed by atoms with Crippen LogP contribution in [-0.2, 0) is 14.3 Å². The summed E-state index contributed by atoms with van der Waals surface area (Å²) in [6, 6.07) is 1.05. The lowest BCUT2D eigenvalue weighted by molar-refractivity contribution is -0.143. The predicted molar refractivity (Wildman–Crippen MR) is 68.6 cm³/mol. The zero-order chi connectivity index (χ0) is 15.8. The van der Waals surface area contributed by atoms with Gasteiger partial charge in [-0.2, -0.15) is 4.39 Å². The van der Waals surface area contributed by atoms with Crippen LogP contribution in [-0.4, -0.2) is 55.2 Å². The van der Waals surface area contributed by atoms with Crippen molar-refractivity contribution in [3.05, 3.63) is 29.6 Å². The molecule has 1 rings (SSSR count). The Morgan fingerprint density at radius 1 is 1.38 bits per heavy atom. The quantitative estimate of drug-likeness (QED) is 0.555. The van der Waals surface area contributed by atoms with E-state index in [0.717, 1.165) is 17.2 Å². The Morgan fingerprint density at radius 2 is 2.10 bits per heavy atom. The van der Waals surface area contributed by atoms with Gasteiger partial charge in [-0.15, -0.1) is 0 Å². The summed E-state index contributed by atoms with van der Waals surface area (Å²) in [5.74, 6) is -4.20. The maximum absolute atomic E-state index is 13.6. The van der Waals surface area contributed by atoms with Gasteiger partial charge in [-0.05, 0) is 13.0 Å². The molecule has 0 spiro atoms. The standard InChI is InChI=1S/C13H16F2N2O4/c1-3-21-10(18)8-17(6-7-20-2)13(19)9-4-5-16-12(15)11(9)14/h4-5H,3,6-8H2,1-2H3. The van der Waals surface area contributed by atoms with E-state index in [0.29, 0.717) is 0 Å². The van der Waals surface area contributed by atoms with E-state index in [1.165, 1.54) is 7.11 Å². The van der Waals surface area contributed by atoms with Gasteiger partial charge in [0.25, 0.3) is 5.91 Å². The number of aromatic nitrogens is 1. The molecule has 1 aromatic heterocycles. The second-order valence-electron chi connectivity index (χ2n) is 3.99. The number of hydrogen-bond donors (Lipinski definition) is 0. The molecular formula is C13H16F2N2O4. The molecule has 1 heterocycles. The number of carbonyl (C=O) groups is 2. The van der Waals surface area contributed by atoms with Crippen molar-refractivity contribution < 1.29 is 27.8 Å². The highest BCUT2D eigenvalue weighted by Crippen LogP contribution is 2.12. The third kappa shape index (κ3) is 4.75. The molecule has 0 aliphatic rings. The second kappa shape index (κ2) is 8.25. The van der Waals surface area contributed by atoms with Crippen LogP contribution < -0.4 is 0 Å². The highest BCUT2D eigenvalue weighted by Gasteiger charge is 2.23. The number of rotatable bonds is 7. The molecule has 0 atom stereocenters. The Balaban J connectivity index is 2.93. The van der Waals surface area contributed by atoms with E-state index < -0.39 is 29.2 Å². The van der Waals surface area contributed by atoms with Crippen LogP contribution >= 0.6 is 0 Å². The number of halogens is 2. The Hall–Kier alpha value is -2.09. The fourth-order valence-electron chi connectivity index (χ4n) is 1.57. The highest BCUT2D eigenvalue weighted by atomic mass is 19.2. The molecule has 6 nitrogen and oxygen atoms in total. The first-order valence-corrected chi connectivity index (χ1v) is 6.25. The van der Waals surface area contributed by atoms with Gasteiger partial charge >= 0.3 is 5.97 Å². The number of esters is 1. The van der Waals surface area contributed by atoms with Crippen LogP contribution in [0.15, 0.2) is 12.3 Å². The molecule has 0 fully saturated rings. The van der Waals surface area contributed by atoms with E-state index in [-0.39, 0.29) is 26.3 Å². The number of pyridine rings is 1. The van der Waals surface area contributed by atoms with E-state index in [1.54, 1.807) is 6.92 Å². The SMILES string of the molecule is CCOC(=O)CN(CCOC)C(=O)c1ccnc(F)c1F. The van der Waals surface area contributed by atoms with E-state index >= 15 is 0 Å². The minimum absolute atomic E-state index is 0.0392. The van der Waals surface area contributed by atoms with Crippen molar-refractivity contribution in [3.8, 4) is 0 Å². The number of carbonyl (C=O) groups excluding carboxylic acids is 2. The first-order valence-electron chi connectivity index (χ1n) is 6.25. The Labute approximate surface area is 120 Å². The molecule has 8 heteroatoms. The van der Waals surface area contributed by atoms with E-state index in [2.05, 4.69) is 4.98 Å². The molecule has 0 bridgehead atoms. The lowest BCUT2D eigenvalue weighted by Crippen LogP contribution is -2.39. The van der Waals surface area contributed by atoms with Gasteiger partial charge in [0.1, 0.15) is 6.54 Å². The number of amides is 1. The molecule has 1 aromatic rings. The summed E-state index contributed by atoms with van der Waals surface area (Å²) in [4.78, 5) is 27.8. The third-order valence-corrected chi connectivity index (χ3v) is 2.55. The molecular weight excluding hydrogens is 286 g/mol. The molecule has 0 aromatic carbocycles. The first-order chi connectivity index (χ1) is 10.0. The normalized spacial score (nSPS) is 10.3. The van der Waals surface area contributed by atoms with Crippen LogP contribution in [0.4, 0.5) is 8.78 Å². The molecule has 0 N–H and O–H groups in total. The van der Waals surface area contributed by atoms with Crippen molar-refractivity contribution in [3.63, 3.8) is 0 Å². The van der Waals surface area contributed by atoms with Crippen molar-refractivity contribution in [2.45, 2.75) is 6.92 Å². The van der Waals surface area contributed by atoms with Crippen LogP contribution in [0.1, 0.15) is 17.3 Å². The van der Waals surface area contributed by atoms with Gasteiger partial charge in [-0.3, -0.25) is 9.59 Å². The summed E-state index contributed by atoms with van der Waals surface area (Å²) >= 11 is 0. The van der Waals surface area contributed by atoms with Crippen LogP contribution in [0.5, 0.6) is 0 Å². The van der Waals surface area contributed by atoms with E-state index in [9.17, 15) is 18.4 Å². The van der Waals surface area contributed by atoms with Gasteiger partial charge in [-0.25, -0.2) is 9.37 Å². The predicted octanol–water partition coefficient (Wildman–Crippen LogP) is 1.01. The molecule has 1 amide bonds. The summed E-state index contributed by atoms with van der Waals surface area (Å²) < 4.78 is 36.2. The lowest BCUT2D eigenvalue weighted by Gasteiger charge is -2.21. The first kappa shape index (κ1) is 17.0. The highest BCUT2D eigenvalue weighted by molar-refractivity contribution is 5.96. The lowest BCUT2D eigenvalue weighted by atomic mass is 10.2. The maximum Gasteiger partial charge on any atom is 0.325 e. The number of ether oxygens (including phenoxy) is 2. The van der Waals surface area contributed by atoms with Crippen LogP contribution in [0.25, 0.3) is 0 Å². The van der Waals surface area contributed by atoms with Crippen molar-refractivity contribution in [1.29, 1.82) is 0 Å². The third-order valence-electron chi connectivity index (χ3n) is 2.55. The maximum atomic E-state index is 13.6. The Bertz CT molecular complexity index is 511. The monoisotopic (exact) mass is 302 g/mol. The van der Waals surface area contributed by atoms with E-state index in [1.807, 2.05) is 0 Å². The fourth-order valence-corrected chi connectivity index (χ4v) is 1.57. The smallest absolute Gasteiger partial charge is 0.325 e. The average Bonchev–Trinajstić information content (AvgIpc) is 2.46. The fraction of sp³-hybridized carbons (Fsp3) is 0.462. The minimum Gasteiger partial charge on any atom is -0.465 e. The molecule has 0 saturated heterocycles. The van der Waals surface area contributed by atoms with Crippen LogP contribution in [0.3, 0.4) is 0 Å². The molecule has 0 radical (unpaired) electrons. The Kier molecular flexibility index (Phi) is 6.67. The molecule has 0 aliphatic heterocycles. The number of hydrogen-bond acceptors (Lipinski definition) is 5. The zero-order valence-corrected chi connectivity index (χ0v) is 11.8. The van der Waals surface area contributed by atoms with Crippen molar-refractivity contribution in [2.24, 2.45) is 0 Å². The van der Waals surface area contributed by atoms with Gasteiger partial charge in [0.15, 0.2) is 5.82 Å². The van der Waals surface area contributed by atoms with Gasteiger partial charge in [-0.1, -0.05) is 0 Å². The van der Waals surface area contributed by atoms with Gasteiger partial charge in [0.2, 0.25) is 5.95 Å². The van der Waals surface area contributed by atoms with E-state index in [4.69, 9.17) is 9.47 Å². The number of methoxy groups -OCH3 is 1. The van der Waals surface area contributed by atoms with Crippen LogP contribution in [0.2, 0.25) is 0 Å². The zero-order valence-electron chi connectivity index (χ0n) is 11.8. The van der Waals surface area contributed by atoms with Gasteiger partial charge in [0.05, 0.1) is 18.8 Å². The molecule has 0 saturated carbocycles. The number of nitrogens with zero attached hydrogens (tertiary/aromatic N) is 2. The Morgan fingerprint density at radius 3 is 2.71 bits per heavy atom. The topological polar surface area (TPSA) is 68.7 Å². The van der Waals surface area contributed by atoms with Gasteiger partial charge in [0, 0.05) is 19.9 Å². The summed E-state index contributed by atoms with van der Waals surface area (Å²) in [6.07, 6.45) is 0.977. The largest absolute Gasteiger partial charge is 0.465 e. The molecule has 116 valence electrons. The van der Waals surface area contributed by atoms with Crippen molar-refractivity contribution in [2.75, 3.05) is 33.4 Å². The van der Waals surface area contributed by atoms with Gasteiger partial charge < -0.3 is 14.4 Å². The minimum atomic E-state index is -1.37. The van der Waals surface area contributed by atoms with Crippen LogP contribution in [0, 0.1) is 11.8 Å². The second-order valence-corrected chi connectivity index (χ2v) is 3.99.